The van der Waals surface area contributed by atoms with Gasteiger partial charge in [0.05, 0.1) is 11.9 Å². The SMILES string of the molecule is COC(C)/N=C(\SC)c1ccncc1NC(=O)OC(C)(C)C. The van der Waals surface area contributed by atoms with Crippen molar-refractivity contribution in [3.8, 4) is 0 Å². The van der Waals surface area contributed by atoms with Crippen molar-refractivity contribution in [2.45, 2.75) is 39.5 Å². The number of pyridine rings is 1. The molecule has 1 rings (SSSR count). The Kier molecular flexibility index (Phi) is 6.83. The number of nitrogens with zero attached hydrogens (tertiary/aromatic N) is 2. The lowest BCUT2D eigenvalue weighted by molar-refractivity contribution is 0.0636. The lowest BCUT2D eigenvalue weighted by Gasteiger charge is -2.20. The molecule has 1 heterocycles. The Morgan fingerprint density at radius 3 is 2.68 bits per heavy atom. The predicted octanol–water partition coefficient (Wildman–Crippen LogP) is 3.53. The number of hydrogen-bond donors (Lipinski definition) is 1. The molecule has 0 aliphatic heterocycles. The summed E-state index contributed by atoms with van der Waals surface area (Å²) in [7, 11) is 1.60. The van der Waals surface area contributed by atoms with Gasteiger partial charge < -0.3 is 9.47 Å². The van der Waals surface area contributed by atoms with E-state index in [4.69, 9.17) is 9.47 Å². The molecular formula is C15H23N3O3S. The maximum Gasteiger partial charge on any atom is 0.412 e. The highest BCUT2D eigenvalue weighted by Gasteiger charge is 2.18. The maximum atomic E-state index is 11.9. The van der Waals surface area contributed by atoms with Crippen LogP contribution in [0.2, 0.25) is 0 Å². The Bertz CT molecular complexity index is 541. The molecule has 0 spiro atoms. The molecule has 1 amide bonds. The average Bonchev–Trinajstić information content (AvgIpc) is 2.43. The Morgan fingerprint density at radius 1 is 1.45 bits per heavy atom. The van der Waals surface area contributed by atoms with E-state index in [0.29, 0.717) is 5.69 Å². The van der Waals surface area contributed by atoms with Crippen LogP contribution in [-0.2, 0) is 9.47 Å². The Morgan fingerprint density at radius 2 is 2.14 bits per heavy atom. The fourth-order valence-electron chi connectivity index (χ4n) is 1.54. The highest BCUT2D eigenvalue weighted by Crippen LogP contribution is 2.21. The molecule has 1 unspecified atom stereocenters. The van der Waals surface area contributed by atoms with Crippen LogP contribution >= 0.6 is 11.8 Å². The first-order valence-corrected chi connectivity index (χ1v) is 8.08. The Labute approximate surface area is 135 Å². The number of nitrogens with one attached hydrogen (secondary N) is 1. The molecule has 1 atom stereocenters. The molecule has 0 radical (unpaired) electrons. The van der Waals surface area contributed by atoms with Gasteiger partial charge in [-0.3, -0.25) is 10.3 Å². The monoisotopic (exact) mass is 325 g/mol. The van der Waals surface area contributed by atoms with Crippen LogP contribution in [-0.4, -0.2) is 41.3 Å². The lowest BCUT2D eigenvalue weighted by atomic mass is 10.2. The molecule has 1 N–H and O–H groups in total. The van der Waals surface area contributed by atoms with E-state index in [2.05, 4.69) is 15.3 Å². The fourth-order valence-corrected chi connectivity index (χ4v) is 2.20. The van der Waals surface area contributed by atoms with Crippen molar-refractivity contribution >= 4 is 28.6 Å². The van der Waals surface area contributed by atoms with Crippen LogP contribution in [0.3, 0.4) is 0 Å². The van der Waals surface area contributed by atoms with E-state index in [1.807, 2.05) is 34.0 Å². The first-order chi connectivity index (χ1) is 10.3. The van der Waals surface area contributed by atoms with E-state index >= 15 is 0 Å². The van der Waals surface area contributed by atoms with Crippen molar-refractivity contribution in [2.24, 2.45) is 4.99 Å². The smallest absolute Gasteiger partial charge is 0.412 e. The van der Waals surface area contributed by atoms with Crippen LogP contribution < -0.4 is 5.32 Å². The number of amides is 1. The molecule has 0 aromatic carbocycles. The van der Waals surface area contributed by atoms with E-state index in [1.54, 1.807) is 25.6 Å². The van der Waals surface area contributed by atoms with Gasteiger partial charge in [-0.25, -0.2) is 9.79 Å². The molecule has 0 aliphatic carbocycles. The van der Waals surface area contributed by atoms with Crippen molar-refractivity contribution < 1.29 is 14.3 Å². The number of anilines is 1. The van der Waals surface area contributed by atoms with E-state index in [1.165, 1.54) is 11.8 Å². The molecule has 0 saturated heterocycles. The van der Waals surface area contributed by atoms with Crippen LogP contribution in [0.5, 0.6) is 0 Å². The first-order valence-electron chi connectivity index (χ1n) is 6.85. The van der Waals surface area contributed by atoms with Crippen LogP contribution in [0.15, 0.2) is 23.5 Å². The molecule has 22 heavy (non-hydrogen) atoms. The standard InChI is InChI=1S/C15H23N3O3S/c1-10(20-5)17-13(22-6)11-7-8-16-9-12(11)18-14(19)21-15(2,3)4/h7-10H,1-6H3,(H,18,19)/b17-13-. The van der Waals surface area contributed by atoms with Gasteiger partial charge in [-0.15, -0.1) is 11.8 Å². The van der Waals surface area contributed by atoms with Crippen LogP contribution in [0.4, 0.5) is 10.5 Å². The van der Waals surface area contributed by atoms with Gasteiger partial charge in [-0.1, -0.05) is 0 Å². The third-order valence-corrected chi connectivity index (χ3v) is 3.23. The topological polar surface area (TPSA) is 72.8 Å². The van der Waals surface area contributed by atoms with Crippen molar-refractivity contribution in [2.75, 3.05) is 18.7 Å². The third kappa shape index (κ3) is 6.03. The number of methoxy groups -OCH3 is 1. The highest BCUT2D eigenvalue weighted by atomic mass is 32.2. The summed E-state index contributed by atoms with van der Waals surface area (Å²) in [5, 5.41) is 3.47. The minimum absolute atomic E-state index is 0.273. The highest BCUT2D eigenvalue weighted by molar-refractivity contribution is 8.13. The van der Waals surface area contributed by atoms with Gasteiger partial charge in [-0.05, 0) is 40.0 Å². The molecule has 122 valence electrons. The van der Waals surface area contributed by atoms with E-state index in [-0.39, 0.29) is 6.23 Å². The van der Waals surface area contributed by atoms with Crippen LogP contribution in [0.1, 0.15) is 33.3 Å². The van der Waals surface area contributed by atoms with Crippen molar-refractivity contribution in [3.05, 3.63) is 24.0 Å². The zero-order valence-corrected chi connectivity index (χ0v) is 14.7. The van der Waals surface area contributed by atoms with Crippen molar-refractivity contribution in [1.82, 2.24) is 4.98 Å². The zero-order valence-electron chi connectivity index (χ0n) is 13.8. The van der Waals surface area contributed by atoms with E-state index < -0.39 is 11.7 Å². The number of ether oxygens (including phenoxy) is 2. The molecule has 0 fully saturated rings. The summed E-state index contributed by atoms with van der Waals surface area (Å²) in [6.07, 6.45) is 4.34. The van der Waals surface area contributed by atoms with Crippen LogP contribution in [0.25, 0.3) is 0 Å². The summed E-state index contributed by atoms with van der Waals surface area (Å²) in [5.74, 6) is 0. The van der Waals surface area contributed by atoms with Crippen molar-refractivity contribution in [3.63, 3.8) is 0 Å². The summed E-state index contributed by atoms with van der Waals surface area (Å²) < 4.78 is 10.4. The van der Waals surface area contributed by atoms with Gasteiger partial charge in [0.25, 0.3) is 0 Å². The first kappa shape index (κ1) is 18.4. The maximum absolute atomic E-state index is 11.9. The van der Waals surface area contributed by atoms with Gasteiger partial charge in [0, 0.05) is 18.9 Å². The minimum atomic E-state index is -0.562. The number of aliphatic imine (C=N–C) groups is 1. The number of rotatable bonds is 4. The minimum Gasteiger partial charge on any atom is -0.444 e. The fraction of sp³-hybridized carbons (Fsp3) is 0.533. The predicted molar refractivity (Wildman–Crippen MR) is 90.6 cm³/mol. The molecule has 1 aromatic heterocycles. The molecule has 0 bridgehead atoms. The lowest BCUT2D eigenvalue weighted by Crippen LogP contribution is -2.27. The molecule has 0 saturated carbocycles. The van der Waals surface area contributed by atoms with Gasteiger partial charge >= 0.3 is 6.09 Å². The summed E-state index contributed by atoms with van der Waals surface area (Å²) >= 11 is 1.47. The molecular weight excluding hydrogens is 302 g/mol. The van der Waals surface area contributed by atoms with Gasteiger partial charge in [-0.2, -0.15) is 0 Å². The number of hydrogen-bond acceptors (Lipinski definition) is 6. The quantitative estimate of drug-likeness (QED) is 0.677. The summed E-state index contributed by atoms with van der Waals surface area (Å²) in [6.45, 7) is 7.28. The van der Waals surface area contributed by atoms with E-state index in [0.717, 1.165) is 10.6 Å². The second-order valence-corrected chi connectivity index (χ2v) is 6.32. The molecule has 6 nitrogen and oxygen atoms in total. The van der Waals surface area contributed by atoms with Crippen molar-refractivity contribution in [1.29, 1.82) is 0 Å². The Hall–Kier alpha value is -1.60. The second kappa shape index (κ2) is 8.14. The van der Waals surface area contributed by atoms with Gasteiger partial charge in [0.2, 0.25) is 0 Å². The average molecular weight is 325 g/mol. The van der Waals surface area contributed by atoms with Gasteiger partial charge in [0.1, 0.15) is 16.9 Å². The Balaban J connectivity index is 3.03. The summed E-state index contributed by atoms with van der Waals surface area (Å²) in [6, 6.07) is 1.80. The molecule has 0 aliphatic rings. The summed E-state index contributed by atoms with van der Waals surface area (Å²) in [5.41, 5.74) is 0.762. The number of carbonyl (C=O) groups is 1. The number of carbonyl (C=O) groups excluding carboxylic acids is 1. The molecule has 7 heteroatoms. The number of thioether (sulfide) groups is 1. The van der Waals surface area contributed by atoms with E-state index in [9.17, 15) is 4.79 Å². The van der Waals surface area contributed by atoms with Gasteiger partial charge in [0.15, 0.2) is 0 Å². The van der Waals surface area contributed by atoms with Crippen LogP contribution in [0, 0.1) is 0 Å². The summed E-state index contributed by atoms with van der Waals surface area (Å²) in [4.78, 5) is 20.4. The second-order valence-electron chi connectivity index (χ2n) is 5.52. The molecule has 1 aromatic rings. The third-order valence-electron chi connectivity index (χ3n) is 2.52. The number of aromatic nitrogens is 1. The zero-order chi connectivity index (χ0) is 16.8. The normalized spacial score (nSPS) is 13.6. The largest absolute Gasteiger partial charge is 0.444 e.